The van der Waals surface area contributed by atoms with Crippen LogP contribution in [0.15, 0.2) is 42.5 Å². The van der Waals surface area contributed by atoms with Crippen molar-refractivity contribution in [2.24, 2.45) is 0 Å². The maximum absolute atomic E-state index is 12.3. The first-order chi connectivity index (χ1) is 11.0. The standard InChI is InChI=1S/C19H23ClN2O/c1-4-15-8-5-7-13(2)19(15)22-18(23)12-21-14(3)16-9-6-10-17(20)11-16/h5-11,14,21H,4,12H2,1-3H3,(H,22,23)/p+1/t14-/m0/s1. The van der Waals surface area contributed by atoms with Gasteiger partial charge >= 0.3 is 0 Å². The molecule has 23 heavy (non-hydrogen) atoms. The largest absolute Gasteiger partial charge is 0.333 e. The summed E-state index contributed by atoms with van der Waals surface area (Å²) in [6, 6.07) is 14.0. The Labute approximate surface area is 143 Å². The van der Waals surface area contributed by atoms with E-state index in [0.29, 0.717) is 6.54 Å². The highest BCUT2D eigenvalue weighted by molar-refractivity contribution is 6.30. The third-order valence-electron chi connectivity index (χ3n) is 4.04. The van der Waals surface area contributed by atoms with Crippen molar-refractivity contribution in [1.82, 2.24) is 0 Å². The fourth-order valence-corrected chi connectivity index (χ4v) is 2.80. The number of carbonyl (C=O) groups excluding carboxylic acids is 1. The quantitative estimate of drug-likeness (QED) is 0.836. The van der Waals surface area contributed by atoms with Crippen molar-refractivity contribution < 1.29 is 10.1 Å². The molecule has 0 heterocycles. The van der Waals surface area contributed by atoms with Crippen molar-refractivity contribution in [1.29, 1.82) is 0 Å². The van der Waals surface area contributed by atoms with Crippen molar-refractivity contribution in [2.45, 2.75) is 33.2 Å². The van der Waals surface area contributed by atoms with Crippen LogP contribution >= 0.6 is 11.6 Å². The number of halogens is 1. The molecule has 0 aliphatic carbocycles. The molecule has 0 saturated carbocycles. The number of rotatable bonds is 6. The number of amides is 1. The summed E-state index contributed by atoms with van der Waals surface area (Å²) in [4.78, 5) is 12.3. The molecular formula is C19H24ClN2O+. The van der Waals surface area contributed by atoms with E-state index < -0.39 is 0 Å². The third kappa shape index (κ3) is 4.81. The van der Waals surface area contributed by atoms with E-state index in [0.717, 1.165) is 28.3 Å². The zero-order valence-electron chi connectivity index (χ0n) is 13.9. The van der Waals surface area contributed by atoms with Gasteiger partial charge in [0.1, 0.15) is 6.04 Å². The second-order valence-electron chi connectivity index (χ2n) is 5.79. The third-order valence-corrected chi connectivity index (χ3v) is 4.27. The van der Waals surface area contributed by atoms with Gasteiger partial charge in [-0.2, -0.15) is 0 Å². The molecule has 0 unspecified atom stereocenters. The van der Waals surface area contributed by atoms with E-state index in [1.807, 2.05) is 48.6 Å². The average Bonchev–Trinajstić information content (AvgIpc) is 2.54. The van der Waals surface area contributed by atoms with Crippen LogP contribution in [0.1, 0.15) is 36.6 Å². The minimum atomic E-state index is 0.0166. The highest BCUT2D eigenvalue weighted by atomic mass is 35.5. The van der Waals surface area contributed by atoms with Gasteiger partial charge in [-0.1, -0.05) is 48.9 Å². The molecule has 0 aromatic heterocycles. The van der Waals surface area contributed by atoms with Crippen LogP contribution in [0.3, 0.4) is 0 Å². The van der Waals surface area contributed by atoms with Gasteiger partial charge < -0.3 is 10.6 Å². The van der Waals surface area contributed by atoms with Crippen molar-refractivity contribution in [3.63, 3.8) is 0 Å². The number of anilines is 1. The molecule has 0 aliphatic rings. The first kappa shape index (κ1) is 17.5. The van der Waals surface area contributed by atoms with Crippen molar-refractivity contribution >= 4 is 23.2 Å². The Kier molecular flexibility index (Phi) is 6.20. The molecule has 2 aromatic carbocycles. The minimum absolute atomic E-state index is 0.0166. The second kappa shape index (κ2) is 8.14. The number of para-hydroxylation sites is 1. The van der Waals surface area contributed by atoms with Crippen LogP contribution in [0.25, 0.3) is 0 Å². The summed E-state index contributed by atoms with van der Waals surface area (Å²) in [6.45, 7) is 6.57. The van der Waals surface area contributed by atoms with Crippen LogP contribution < -0.4 is 10.6 Å². The summed E-state index contributed by atoms with van der Waals surface area (Å²) in [7, 11) is 0. The fourth-order valence-electron chi connectivity index (χ4n) is 2.60. The molecule has 0 spiro atoms. The molecule has 122 valence electrons. The zero-order chi connectivity index (χ0) is 16.8. The lowest BCUT2D eigenvalue weighted by atomic mass is 10.1. The van der Waals surface area contributed by atoms with E-state index in [1.165, 1.54) is 5.56 Å². The summed E-state index contributed by atoms with van der Waals surface area (Å²) < 4.78 is 0. The monoisotopic (exact) mass is 331 g/mol. The van der Waals surface area contributed by atoms with Gasteiger partial charge in [0, 0.05) is 16.3 Å². The SMILES string of the molecule is CCc1cccc(C)c1NC(=O)C[NH2+][C@@H](C)c1cccc(Cl)c1. The Morgan fingerprint density at radius 3 is 2.70 bits per heavy atom. The lowest BCUT2D eigenvalue weighted by Crippen LogP contribution is -2.86. The minimum Gasteiger partial charge on any atom is -0.333 e. The Balaban J connectivity index is 1.96. The Hall–Kier alpha value is -1.84. The van der Waals surface area contributed by atoms with Gasteiger partial charge in [-0.15, -0.1) is 0 Å². The fraction of sp³-hybridized carbons (Fsp3) is 0.316. The molecular weight excluding hydrogens is 308 g/mol. The molecule has 0 radical (unpaired) electrons. The van der Waals surface area contributed by atoms with Gasteiger partial charge in [0.2, 0.25) is 0 Å². The maximum Gasteiger partial charge on any atom is 0.279 e. The number of benzene rings is 2. The first-order valence-corrected chi connectivity index (χ1v) is 8.36. The summed E-state index contributed by atoms with van der Waals surface area (Å²) in [6.07, 6.45) is 0.903. The Morgan fingerprint density at radius 2 is 2.00 bits per heavy atom. The van der Waals surface area contributed by atoms with Gasteiger partial charge in [-0.05, 0) is 43.5 Å². The van der Waals surface area contributed by atoms with Gasteiger partial charge in [-0.3, -0.25) is 4.79 Å². The molecule has 2 aromatic rings. The van der Waals surface area contributed by atoms with Gasteiger partial charge in [-0.25, -0.2) is 0 Å². The van der Waals surface area contributed by atoms with Crippen molar-refractivity contribution in [3.8, 4) is 0 Å². The van der Waals surface area contributed by atoms with Gasteiger partial charge in [0.25, 0.3) is 5.91 Å². The Bertz CT molecular complexity index is 685. The van der Waals surface area contributed by atoms with Crippen LogP contribution in [-0.4, -0.2) is 12.5 Å². The molecule has 3 N–H and O–H groups in total. The lowest BCUT2D eigenvalue weighted by molar-refractivity contribution is -0.682. The Morgan fingerprint density at radius 1 is 1.26 bits per heavy atom. The maximum atomic E-state index is 12.3. The van der Waals surface area contributed by atoms with Crippen LogP contribution in [0.5, 0.6) is 0 Å². The molecule has 2 rings (SSSR count). The van der Waals surface area contributed by atoms with E-state index >= 15 is 0 Å². The van der Waals surface area contributed by atoms with Gasteiger partial charge in [0.05, 0.1) is 0 Å². The lowest BCUT2D eigenvalue weighted by Gasteiger charge is -2.14. The van der Waals surface area contributed by atoms with E-state index in [-0.39, 0.29) is 11.9 Å². The predicted octanol–water partition coefficient (Wildman–Crippen LogP) is 3.47. The molecule has 0 bridgehead atoms. The summed E-state index contributed by atoms with van der Waals surface area (Å²) >= 11 is 6.02. The van der Waals surface area contributed by atoms with Crippen LogP contribution in [0, 0.1) is 6.92 Å². The summed E-state index contributed by atoms with van der Waals surface area (Å²) in [5, 5.41) is 5.79. The molecule has 0 aliphatic heterocycles. The number of nitrogens with two attached hydrogens (primary N) is 1. The summed E-state index contributed by atoms with van der Waals surface area (Å²) in [5.41, 5.74) is 4.33. The number of aryl methyl sites for hydroxylation is 2. The van der Waals surface area contributed by atoms with Crippen LogP contribution in [-0.2, 0) is 11.2 Å². The average molecular weight is 332 g/mol. The first-order valence-electron chi connectivity index (χ1n) is 7.98. The summed E-state index contributed by atoms with van der Waals surface area (Å²) in [5.74, 6) is 0.0166. The molecule has 1 amide bonds. The molecule has 3 nitrogen and oxygen atoms in total. The van der Waals surface area contributed by atoms with E-state index in [2.05, 4.69) is 25.2 Å². The smallest absolute Gasteiger partial charge is 0.279 e. The molecule has 0 fully saturated rings. The zero-order valence-corrected chi connectivity index (χ0v) is 14.7. The number of quaternary nitrogens is 1. The van der Waals surface area contributed by atoms with Crippen molar-refractivity contribution in [2.75, 3.05) is 11.9 Å². The number of nitrogens with one attached hydrogen (secondary N) is 1. The van der Waals surface area contributed by atoms with Crippen LogP contribution in [0.2, 0.25) is 5.02 Å². The molecule has 1 atom stereocenters. The molecule has 0 saturated heterocycles. The van der Waals surface area contributed by atoms with E-state index in [1.54, 1.807) is 0 Å². The number of carbonyl (C=O) groups is 1. The number of hydrogen-bond acceptors (Lipinski definition) is 1. The van der Waals surface area contributed by atoms with Gasteiger partial charge in [0.15, 0.2) is 6.54 Å². The van der Waals surface area contributed by atoms with Crippen molar-refractivity contribution in [3.05, 3.63) is 64.2 Å². The topological polar surface area (TPSA) is 45.7 Å². The normalized spacial score (nSPS) is 12.0. The van der Waals surface area contributed by atoms with E-state index in [9.17, 15) is 4.79 Å². The predicted molar refractivity (Wildman–Crippen MR) is 95.8 cm³/mol. The molecule has 4 heteroatoms. The highest BCUT2D eigenvalue weighted by Gasteiger charge is 2.13. The van der Waals surface area contributed by atoms with E-state index in [4.69, 9.17) is 11.6 Å². The second-order valence-corrected chi connectivity index (χ2v) is 6.23. The van der Waals surface area contributed by atoms with Crippen LogP contribution in [0.4, 0.5) is 5.69 Å². The highest BCUT2D eigenvalue weighted by Crippen LogP contribution is 2.20. The number of hydrogen-bond donors (Lipinski definition) is 2.